The molecule has 4 heterocycles. The van der Waals surface area contributed by atoms with Crippen LogP contribution in [0.25, 0.3) is 11.3 Å². The Hall–Kier alpha value is -3.24. The van der Waals surface area contributed by atoms with Gasteiger partial charge in [0, 0.05) is 94.3 Å². The van der Waals surface area contributed by atoms with Crippen LogP contribution >= 0.6 is 11.6 Å². The molecular formula is C34H41ClN6O4S. The average Bonchev–Trinajstić information content (AvgIpc) is 3.41. The molecule has 46 heavy (non-hydrogen) atoms. The molecule has 1 N–H and O–H groups in total. The van der Waals surface area contributed by atoms with Crippen LogP contribution in [0.2, 0.25) is 5.02 Å². The standard InChI is InChI=1S/C34H41ClN6O4S/c1-38(2)34(42)31-21-25-7-5-24(19-28(25)22-36-31)6-8-26-20-27(9-10-30(26)35)33-29-23-40(46(3,43)44)14-11-32(29)41(37-33)13-4-12-39-15-17-45-18-16-39/h5,7,9-10,19-20,31,36H,4,11-18,21-23H2,1-3H3. The Bertz CT molecular complexity index is 1790. The largest absolute Gasteiger partial charge is 0.379 e. The predicted octanol–water partition coefficient (Wildman–Crippen LogP) is 2.75. The number of hydrogen-bond acceptors (Lipinski definition) is 7. The van der Waals surface area contributed by atoms with Crippen molar-refractivity contribution in [1.29, 1.82) is 0 Å². The molecule has 10 nitrogen and oxygen atoms in total. The number of halogens is 1. The molecule has 244 valence electrons. The Morgan fingerprint density at radius 1 is 1.09 bits per heavy atom. The normalized spacial score (nSPS) is 18.7. The van der Waals surface area contributed by atoms with Crippen molar-refractivity contribution in [1.82, 2.24) is 29.2 Å². The number of carbonyl (C=O) groups is 1. The van der Waals surface area contributed by atoms with Crippen LogP contribution in [-0.4, -0.2) is 104 Å². The van der Waals surface area contributed by atoms with Crippen molar-refractivity contribution in [3.63, 3.8) is 0 Å². The quantitative estimate of drug-likeness (QED) is 0.388. The molecule has 1 fully saturated rings. The number of hydrogen-bond donors (Lipinski definition) is 1. The maximum atomic E-state index is 12.5. The summed E-state index contributed by atoms with van der Waals surface area (Å²) in [5, 5.41) is 8.94. The number of likely N-dealkylation sites (N-methyl/N-ethyl adjacent to an activating group) is 1. The van der Waals surface area contributed by atoms with E-state index < -0.39 is 10.0 Å². The van der Waals surface area contributed by atoms with Crippen LogP contribution in [0.3, 0.4) is 0 Å². The zero-order chi connectivity index (χ0) is 32.4. The maximum absolute atomic E-state index is 12.5. The number of sulfonamides is 1. The topological polar surface area (TPSA) is 100 Å². The van der Waals surface area contributed by atoms with Crippen LogP contribution in [0.1, 0.15) is 39.9 Å². The lowest BCUT2D eigenvalue weighted by Crippen LogP contribution is -2.47. The zero-order valence-corrected chi connectivity index (χ0v) is 28.3. The van der Waals surface area contributed by atoms with E-state index in [-0.39, 0.29) is 11.9 Å². The number of aromatic nitrogens is 2. The fraction of sp³-hybridized carbons (Fsp3) is 0.471. The number of rotatable bonds is 7. The van der Waals surface area contributed by atoms with E-state index in [1.165, 1.54) is 10.6 Å². The second-order valence-corrected chi connectivity index (χ2v) is 14.8. The van der Waals surface area contributed by atoms with Crippen LogP contribution in [-0.2, 0) is 52.0 Å². The summed E-state index contributed by atoms with van der Waals surface area (Å²) in [5.74, 6) is 6.61. The number of aryl methyl sites for hydroxylation is 1. The third-order valence-corrected chi connectivity index (χ3v) is 10.6. The Morgan fingerprint density at radius 3 is 2.65 bits per heavy atom. The number of ether oxygens (including phenoxy) is 1. The number of carbonyl (C=O) groups excluding carboxylic acids is 1. The minimum Gasteiger partial charge on any atom is -0.379 e. The number of benzene rings is 2. The second kappa shape index (κ2) is 13.9. The van der Waals surface area contributed by atoms with Gasteiger partial charge in [0.1, 0.15) is 0 Å². The first-order valence-corrected chi connectivity index (χ1v) is 18.0. The monoisotopic (exact) mass is 664 g/mol. The van der Waals surface area contributed by atoms with Gasteiger partial charge in [0.2, 0.25) is 15.9 Å². The zero-order valence-electron chi connectivity index (χ0n) is 26.7. The molecule has 1 atom stereocenters. The van der Waals surface area contributed by atoms with Crippen molar-refractivity contribution in [2.75, 3.05) is 59.7 Å². The van der Waals surface area contributed by atoms with Crippen molar-refractivity contribution in [2.45, 2.75) is 44.9 Å². The molecule has 1 aromatic heterocycles. The first-order chi connectivity index (χ1) is 22.1. The number of amides is 1. The molecule has 0 saturated carbocycles. The summed E-state index contributed by atoms with van der Waals surface area (Å²) in [5.41, 5.74) is 7.50. The van der Waals surface area contributed by atoms with Crippen molar-refractivity contribution in [2.24, 2.45) is 0 Å². The van der Waals surface area contributed by atoms with Crippen LogP contribution in [0.4, 0.5) is 0 Å². The van der Waals surface area contributed by atoms with Gasteiger partial charge >= 0.3 is 0 Å². The van der Waals surface area contributed by atoms with Gasteiger partial charge in [-0.15, -0.1) is 0 Å². The Balaban J connectivity index is 1.25. The first-order valence-electron chi connectivity index (χ1n) is 15.8. The van der Waals surface area contributed by atoms with Gasteiger partial charge in [-0.1, -0.05) is 35.6 Å². The minimum absolute atomic E-state index is 0.0761. The summed E-state index contributed by atoms with van der Waals surface area (Å²) in [4.78, 5) is 16.5. The van der Waals surface area contributed by atoms with Gasteiger partial charge in [0.05, 0.1) is 36.2 Å². The summed E-state index contributed by atoms with van der Waals surface area (Å²) in [7, 11) is 0.198. The molecular weight excluding hydrogens is 624 g/mol. The molecule has 0 bridgehead atoms. The third-order valence-electron chi connectivity index (χ3n) is 9.01. The van der Waals surface area contributed by atoms with Crippen LogP contribution in [0.15, 0.2) is 36.4 Å². The van der Waals surface area contributed by atoms with Gasteiger partial charge in [-0.2, -0.15) is 9.40 Å². The maximum Gasteiger partial charge on any atom is 0.239 e. The summed E-state index contributed by atoms with van der Waals surface area (Å²) in [6, 6.07) is 11.6. The fourth-order valence-electron chi connectivity index (χ4n) is 6.42. The highest BCUT2D eigenvalue weighted by Gasteiger charge is 2.30. The summed E-state index contributed by atoms with van der Waals surface area (Å²) < 4.78 is 34.1. The van der Waals surface area contributed by atoms with Crippen LogP contribution < -0.4 is 5.32 Å². The third kappa shape index (κ3) is 7.33. The lowest BCUT2D eigenvalue weighted by molar-refractivity contribution is -0.131. The van der Waals surface area contributed by atoms with Gasteiger partial charge in [-0.3, -0.25) is 14.4 Å². The smallest absolute Gasteiger partial charge is 0.239 e. The fourth-order valence-corrected chi connectivity index (χ4v) is 7.37. The lowest BCUT2D eigenvalue weighted by atomic mass is 9.93. The van der Waals surface area contributed by atoms with Crippen molar-refractivity contribution < 1.29 is 17.9 Å². The van der Waals surface area contributed by atoms with Gasteiger partial charge < -0.3 is 15.0 Å². The number of morpholine rings is 1. The first kappa shape index (κ1) is 32.7. The van der Waals surface area contributed by atoms with E-state index in [0.717, 1.165) is 85.0 Å². The van der Waals surface area contributed by atoms with E-state index in [1.54, 1.807) is 19.0 Å². The van der Waals surface area contributed by atoms with Crippen LogP contribution in [0.5, 0.6) is 0 Å². The molecule has 0 spiro atoms. The molecule has 0 radical (unpaired) electrons. The van der Waals surface area contributed by atoms with E-state index in [0.29, 0.717) is 43.1 Å². The second-order valence-electron chi connectivity index (χ2n) is 12.4. The van der Waals surface area contributed by atoms with E-state index >= 15 is 0 Å². The molecule has 2 aromatic carbocycles. The summed E-state index contributed by atoms with van der Waals surface area (Å²) in [6.45, 7) is 6.51. The summed E-state index contributed by atoms with van der Waals surface area (Å²) >= 11 is 6.64. The molecule has 3 aliphatic rings. The highest BCUT2D eigenvalue weighted by atomic mass is 35.5. The molecule has 12 heteroatoms. The number of fused-ring (bicyclic) bond motifs is 2. The van der Waals surface area contributed by atoms with Gasteiger partial charge in [0.15, 0.2) is 0 Å². The van der Waals surface area contributed by atoms with Crippen LogP contribution in [0, 0.1) is 11.8 Å². The van der Waals surface area contributed by atoms with E-state index in [9.17, 15) is 13.2 Å². The molecule has 6 rings (SSSR count). The van der Waals surface area contributed by atoms with Gasteiger partial charge in [0.25, 0.3) is 0 Å². The lowest BCUT2D eigenvalue weighted by Gasteiger charge is -2.27. The molecule has 1 saturated heterocycles. The minimum atomic E-state index is -3.35. The highest BCUT2D eigenvalue weighted by Crippen LogP contribution is 2.33. The average molecular weight is 665 g/mol. The molecule has 3 aliphatic heterocycles. The number of nitrogens with zero attached hydrogens (tertiary/aromatic N) is 5. The van der Waals surface area contributed by atoms with E-state index in [4.69, 9.17) is 21.4 Å². The molecule has 1 amide bonds. The SMILES string of the molecule is CN(C)C(=O)C1Cc2ccc(C#Cc3cc(-c4nn(CCCN5CCOCC5)c5c4CN(S(C)(=O)=O)CC5)ccc3Cl)cc2CN1. The Kier molecular flexibility index (Phi) is 9.85. The van der Waals surface area contributed by atoms with E-state index in [1.807, 2.05) is 24.3 Å². The Labute approximate surface area is 276 Å². The van der Waals surface area contributed by atoms with Gasteiger partial charge in [-0.05, 0) is 48.2 Å². The molecule has 1 unspecified atom stereocenters. The summed E-state index contributed by atoms with van der Waals surface area (Å²) in [6.07, 6.45) is 3.47. The molecule has 3 aromatic rings. The van der Waals surface area contributed by atoms with E-state index in [2.05, 4.69) is 38.9 Å². The van der Waals surface area contributed by atoms with Crippen molar-refractivity contribution >= 4 is 27.5 Å². The molecule has 0 aliphatic carbocycles. The highest BCUT2D eigenvalue weighted by molar-refractivity contribution is 7.88. The Morgan fingerprint density at radius 2 is 1.89 bits per heavy atom. The van der Waals surface area contributed by atoms with Crippen molar-refractivity contribution in [3.8, 4) is 23.1 Å². The number of nitrogens with one attached hydrogen (secondary N) is 1. The predicted molar refractivity (Wildman–Crippen MR) is 179 cm³/mol. The van der Waals surface area contributed by atoms with Crippen molar-refractivity contribution in [3.05, 3.63) is 74.9 Å². The van der Waals surface area contributed by atoms with Gasteiger partial charge in [-0.25, -0.2) is 8.42 Å².